The molecule has 0 radical (unpaired) electrons. The van der Waals surface area contributed by atoms with Crippen molar-refractivity contribution < 1.29 is 0 Å². The maximum Gasteiger partial charge on any atom is 0.199 e. The molecule has 0 bridgehead atoms. The number of halogens is 1. The van der Waals surface area contributed by atoms with Crippen molar-refractivity contribution in [3.05, 3.63) is 100 Å². The number of aromatic nitrogens is 4. The summed E-state index contributed by atoms with van der Waals surface area (Å²) < 4.78 is 4.81. The standard InChI is InChI=1S/C26H27ClN6S/c27-24-8-6-23(7-9-24)25-29-33(26(34)32(25)19-21-4-2-1-3-5-21)20-31-16-14-30(15-17-31)18-22-10-12-28-13-11-22/h1-13H,14-20H2. The monoisotopic (exact) mass is 490 g/mol. The lowest BCUT2D eigenvalue weighted by atomic mass is 10.2. The highest BCUT2D eigenvalue weighted by molar-refractivity contribution is 7.71. The number of pyridine rings is 1. The molecule has 1 aliphatic rings. The lowest BCUT2D eigenvalue weighted by molar-refractivity contribution is 0.0980. The van der Waals surface area contributed by atoms with Crippen LogP contribution in [-0.4, -0.2) is 55.3 Å². The Morgan fingerprint density at radius 3 is 2.12 bits per heavy atom. The van der Waals surface area contributed by atoms with Crippen LogP contribution < -0.4 is 0 Å². The fraction of sp³-hybridized carbons (Fsp3) is 0.269. The summed E-state index contributed by atoms with van der Waals surface area (Å²) in [5.74, 6) is 0.863. The summed E-state index contributed by atoms with van der Waals surface area (Å²) in [5.41, 5.74) is 3.50. The largest absolute Gasteiger partial charge is 0.297 e. The van der Waals surface area contributed by atoms with Crippen molar-refractivity contribution in [1.29, 1.82) is 0 Å². The highest BCUT2D eigenvalue weighted by atomic mass is 35.5. The Morgan fingerprint density at radius 2 is 1.41 bits per heavy atom. The van der Waals surface area contributed by atoms with Crippen molar-refractivity contribution in [2.24, 2.45) is 0 Å². The van der Waals surface area contributed by atoms with E-state index in [0.717, 1.165) is 48.9 Å². The predicted molar refractivity (Wildman–Crippen MR) is 138 cm³/mol. The van der Waals surface area contributed by atoms with Crippen LogP contribution in [0.5, 0.6) is 0 Å². The molecule has 4 aromatic rings. The molecule has 0 amide bonds. The van der Waals surface area contributed by atoms with Crippen LogP contribution in [0.1, 0.15) is 11.1 Å². The Morgan fingerprint density at radius 1 is 0.765 bits per heavy atom. The van der Waals surface area contributed by atoms with Gasteiger partial charge >= 0.3 is 0 Å². The second-order valence-corrected chi connectivity index (χ2v) is 9.38. The minimum absolute atomic E-state index is 0.678. The van der Waals surface area contributed by atoms with E-state index in [1.54, 1.807) is 0 Å². The van der Waals surface area contributed by atoms with Gasteiger partial charge in [0.1, 0.15) is 0 Å². The van der Waals surface area contributed by atoms with Crippen molar-refractivity contribution in [3.63, 3.8) is 0 Å². The lowest BCUT2D eigenvalue weighted by Crippen LogP contribution is -2.46. The molecule has 0 N–H and O–H groups in total. The fourth-order valence-corrected chi connectivity index (χ4v) is 4.65. The summed E-state index contributed by atoms with van der Waals surface area (Å²) in [6.45, 7) is 6.32. The van der Waals surface area contributed by atoms with Crippen LogP contribution in [0, 0.1) is 4.77 Å². The van der Waals surface area contributed by atoms with Gasteiger partial charge in [-0.05, 0) is 59.7 Å². The predicted octanol–water partition coefficient (Wildman–Crippen LogP) is 4.95. The zero-order chi connectivity index (χ0) is 23.3. The zero-order valence-electron chi connectivity index (χ0n) is 18.9. The number of rotatable bonds is 7. The molecule has 0 aliphatic carbocycles. The third kappa shape index (κ3) is 5.45. The van der Waals surface area contributed by atoms with Crippen LogP contribution in [-0.2, 0) is 19.8 Å². The molecule has 1 aliphatic heterocycles. The van der Waals surface area contributed by atoms with E-state index in [1.165, 1.54) is 11.1 Å². The topological polar surface area (TPSA) is 42.1 Å². The summed E-state index contributed by atoms with van der Waals surface area (Å²) in [6, 6.07) is 22.3. The SMILES string of the molecule is S=c1n(CN2CCN(Cc3ccncc3)CC2)nc(-c2ccc(Cl)cc2)n1Cc1ccccc1. The molecule has 2 aromatic heterocycles. The quantitative estimate of drug-likeness (QED) is 0.343. The van der Waals surface area contributed by atoms with Gasteiger partial charge in [-0.25, -0.2) is 4.68 Å². The molecule has 2 aromatic carbocycles. The molecule has 3 heterocycles. The summed E-state index contributed by atoms with van der Waals surface area (Å²) in [7, 11) is 0. The summed E-state index contributed by atoms with van der Waals surface area (Å²) in [4.78, 5) is 9.02. The number of nitrogens with zero attached hydrogens (tertiary/aromatic N) is 6. The Balaban J connectivity index is 1.33. The molecule has 5 rings (SSSR count). The molecule has 0 unspecified atom stereocenters. The van der Waals surface area contributed by atoms with Gasteiger partial charge in [0.2, 0.25) is 0 Å². The number of hydrogen-bond donors (Lipinski definition) is 0. The van der Waals surface area contributed by atoms with E-state index < -0.39 is 0 Å². The van der Waals surface area contributed by atoms with Crippen LogP contribution in [0.25, 0.3) is 11.4 Å². The molecule has 1 saturated heterocycles. The maximum atomic E-state index is 6.13. The molecule has 8 heteroatoms. The van der Waals surface area contributed by atoms with Gasteiger partial charge in [-0.2, -0.15) is 5.10 Å². The Kier molecular flexibility index (Phi) is 7.16. The van der Waals surface area contributed by atoms with Gasteiger partial charge in [-0.3, -0.25) is 19.4 Å². The van der Waals surface area contributed by atoms with Crippen LogP contribution in [0.2, 0.25) is 5.02 Å². The van der Waals surface area contributed by atoms with Crippen LogP contribution >= 0.6 is 23.8 Å². The number of benzene rings is 2. The smallest absolute Gasteiger partial charge is 0.199 e. The molecule has 174 valence electrons. The fourth-order valence-electron chi connectivity index (χ4n) is 4.28. The van der Waals surface area contributed by atoms with Crippen molar-refractivity contribution in [3.8, 4) is 11.4 Å². The molecular weight excluding hydrogens is 464 g/mol. The molecule has 1 fully saturated rings. The van der Waals surface area contributed by atoms with E-state index >= 15 is 0 Å². The number of hydrogen-bond acceptors (Lipinski definition) is 5. The first-order valence-corrected chi connectivity index (χ1v) is 12.3. The Labute approximate surface area is 210 Å². The van der Waals surface area contributed by atoms with Crippen molar-refractivity contribution in [2.75, 3.05) is 26.2 Å². The van der Waals surface area contributed by atoms with Gasteiger partial charge in [0, 0.05) is 55.7 Å². The second kappa shape index (κ2) is 10.6. The molecular formula is C26H27ClN6S. The maximum absolute atomic E-state index is 6.13. The molecule has 0 spiro atoms. The normalized spacial score (nSPS) is 15.0. The summed E-state index contributed by atoms with van der Waals surface area (Å²) in [6.07, 6.45) is 3.72. The van der Waals surface area contributed by atoms with Gasteiger partial charge in [-0.1, -0.05) is 41.9 Å². The van der Waals surface area contributed by atoms with Crippen molar-refractivity contribution >= 4 is 23.8 Å². The van der Waals surface area contributed by atoms with E-state index in [9.17, 15) is 0 Å². The third-order valence-electron chi connectivity index (χ3n) is 6.16. The van der Waals surface area contributed by atoms with Gasteiger partial charge in [-0.15, -0.1) is 0 Å². The minimum Gasteiger partial charge on any atom is -0.297 e. The molecule has 0 atom stereocenters. The first-order valence-electron chi connectivity index (χ1n) is 11.5. The summed E-state index contributed by atoms with van der Waals surface area (Å²) in [5, 5.41) is 5.67. The Bertz CT molecular complexity index is 1260. The van der Waals surface area contributed by atoms with Gasteiger partial charge in [0.15, 0.2) is 10.6 Å². The van der Waals surface area contributed by atoms with Gasteiger partial charge < -0.3 is 0 Å². The lowest BCUT2D eigenvalue weighted by Gasteiger charge is -2.34. The van der Waals surface area contributed by atoms with Gasteiger partial charge in [0.25, 0.3) is 0 Å². The number of piperazine rings is 1. The van der Waals surface area contributed by atoms with E-state index in [4.69, 9.17) is 28.9 Å². The first kappa shape index (κ1) is 22.9. The van der Waals surface area contributed by atoms with Gasteiger partial charge in [0.05, 0.1) is 13.2 Å². The van der Waals surface area contributed by atoms with E-state index in [0.29, 0.717) is 18.2 Å². The molecule has 34 heavy (non-hydrogen) atoms. The average Bonchev–Trinajstić information content (AvgIpc) is 3.17. The minimum atomic E-state index is 0.678. The van der Waals surface area contributed by atoms with E-state index in [1.807, 2.05) is 47.4 Å². The highest BCUT2D eigenvalue weighted by Gasteiger charge is 2.20. The van der Waals surface area contributed by atoms with Crippen LogP contribution in [0.3, 0.4) is 0 Å². The van der Waals surface area contributed by atoms with Crippen LogP contribution in [0.4, 0.5) is 0 Å². The molecule has 0 saturated carbocycles. The van der Waals surface area contributed by atoms with Crippen LogP contribution in [0.15, 0.2) is 79.1 Å². The zero-order valence-corrected chi connectivity index (χ0v) is 20.5. The molecule has 6 nitrogen and oxygen atoms in total. The Hall–Kier alpha value is -2.84. The highest BCUT2D eigenvalue weighted by Crippen LogP contribution is 2.22. The van der Waals surface area contributed by atoms with E-state index in [-0.39, 0.29) is 0 Å². The second-order valence-electron chi connectivity index (χ2n) is 8.58. The van der Waals surface area contributed by atoms with Crippen molar-refractivity contribution in [1.82, 2.24) is 29.1 Å². The first-order chi connectivity index (χ1) is 16.7. The third-order valence-corrected chi connectivity index (χ3v) is 6.85. The average molecular weight is 491 g/mol. The van der Waals surface area contributed by atoms with E-state index in [2.05, 4.69) is 55.7 Å². The van der Waals surface area contributed by atoms with Crippen molar-refractivity contribution in [2.45, 2.75) is 19.8 Å². The summed E-state index contributed by atoms with van der Waals surface area (Å²) >= 11 is 12.0.